The van der Waals surface area contributed by atoms with Crippen molar-refractivity contribution in [3.8, 4) is 0 Å². The summed E-state index contributed by atoms with van der Waals surface area (Å²) in [7, 11) is 1.15. The topological polar surface area (TPSA) is 29.1 Å². The van der Waals surface area contributed by atoms with Gasteiger partial charge < -0.3 is 5.32 Å². The minimum Gasteiger partial charge on any atom is -0.317 e. The Morgan fingerprint density at radius 1 is 1.22 bits per heavy atom. The molecular formula is C15H25NOS. The zero-order valence-corrected chi connectivity index (χ0v) is 12.8. The monoisotopic (exact) mass is 267 g/mol. The zero-order chi connectivity index (χ0) is 13.5. The van der Waals surface area contributed by atoms with Crippen molar-refractivity contribution in [2.45, 2.75) is 51.0 Å². The maximum Gasteiger partial charge on any atom is 0.0529 e. The van der Waals surface area contributed by atoms with Crippen LogP contribution in [0.3, 0.4) is 0 Å². The van der Waals surface area contributed by atoms with E-state index in [1.165, 1.54) is 11.1 Å². The Morgan fingerprint density at radius 2 is 1.94 bits per heavy atom. The molecule has 0 aliphatic carbocycles. The van der Waals surface area contributed by atoms with Gasteiger partial charge in [0.2, 0.25) is 0 Å². The van der Waals surface area contributed by atoms with Crippen LogP contribution in [0.15, 0.2) is 23.1 Å². The average Bonchev–Trinajstić information content (AvgIpc) is 2.37. The van der Waals surface area contributed by atoms with Crippen molar-refractivity contribution in [2.75, 3.05) is 12.8 Å². The standard InChI is InChI=1S/C15H25NOS/c1-12-8-9-15(11-13(12)2)18(17)10-6-5-7-14(3)16-4/h8-9,11,14,16H,5-7,10H2,1-4H3. The number of benzene rings is 1. The summed E-state index contributed by atoms with van der Waals surface area (Å²) in [6.07, 6.45) is 3.32. The second-order valence-corrected chi connectivity index (χ2v) is 6.55. The first-order chi connectivity index (χ1) is 8.54. The van der Waals surface area contributed by atoms with Crippen LogP contribution in [0.2, 0.25) is 0 Å². The summed E-state index contributed by atoms with van der Waals surface area (Å²) >= 11 is 0. The van der Waals surface area contributed by atoms with E-state index >= 15 is 0 Å². The molecule has 1 aromatic rings. The molecule has 0 saturated heterocycles. The van der Waals surface area contributed by atoms with E-state index in [9.17, 15) is 4.21 Å². The van der Waals surface area contributed by atoms with E-state index in [0.717, 1.165) is 29.9 Å². The molecule has 0 aliphatic heterocycles. The first kappa shape index (κ1) is 15.4. The summed E-state index contributed by atoms with van der Waals surface area (Å²) in [5.74, 6) is 0.777. The van der Waals surface area contributed by atoms with Gasteiger partial charge in [-0.05, 0) is 63.9 Å². The lowest BCUT2D eigenvalue weighted by atomic mass is 10.1. The normalized spacial score (nSPS) is 14.4. The van der Waals surface area contributed by atoms with Gasteiger partial charge >= 0.3 is 0 Å². The SMILES string of the molecule is CNC(C)CCCCS(=O)c1ccc(C)c(C)c1. The first-order valence-electron chi connectivity index (χ1n) is 6.67. The fourth-order valence-electron chi connectivity index (χ4n) is 1.80. The van der Waals surface area contributed by atoms with Crippen LogP contribution < -0.4 is 5.32 Å². The molecule has 0 bridgehead atoms. The minimum absolute atomic E-state index is 0.556. The number of rotatable bonds is 7. The van der Waals surface area contributed by atoms with E-state index in [0.29, 0.717) is 6.04 Å². The fourth-order valence-corrected chi connectivity index (χ4v) is 3.03. The molecule has 0 amide bonds. The molecule has 1 N–H and O–H groups in total. The van der Waals surface area contributed by atoms with Crippen LogP contribution in [0.25, 0.3) is 0 Å². The van der Waals surface area contributed by atoms with E-state index in [1.54, 1.807) is 0 Å². The van der Waals surface area contributed by atoms with Crippen LogP contribution in [-0.4, -0.2) is 23.1 Å². The lowest BCUT2D eigenvalue weighted by Crippen LogP contribution is -2.20. The van der Waals surface area contributed by atoms with E-state index in [4.69, 9.17) is 0 Å². The minimum atomic E-state index is -0.839. The number of unbranched alkanes of at least 4 members (excludes halogenated alkanes) is 1. The molecule has 0 aromatic heterocycles. The summed E-state index contributed by atoms with van der Waals surface area (Å²) in [6, 6.07) is 6.67. The van der Waals surface area contributed by atoms with Crippen molar-refractivity contribution >= 4 is 10.8 Å². The molecule has 2 atom stereocenters. The van der Waals surface area contributed by atoms with Gasteiger partial charge in [0.15, 0.2) is 0 Å². The fraction of sp³-hybridized carbons (Fsp3) is 0.600. The van der Waals surface area contributed by atoms with Crippen molar-refractivity contribution < 1.29 is 4.21 Å². The van der Waals surface area contributed by atoms with Gasteiger partial charge in [-0.2, -0.15) is 0 Å². The van der Waals surface area contributed by atoms with Gasteiger partial charge in [0.25, 0.3) is 0 Å². The van der Waals surface area contributed by atoms with Gasteiger partial charge in [-0.25, -0.2) is 0 Å². The molecule has 0 radical (unpaired) electrons. The van der Waals surface area contributed by atoms with Crippen LogP contribution in [-0.2, 0) is 10.8 Å². The third-order valence-corrected chi connectivity index (χ3v) is 4.89. The smallest absolute Gasteiger partial charge is 0.0529 e. The molecule has 2 unspecified atom stereocenters. The van der Waals surface area contributed by atoms with Crippen molar-refractivity contribution in [1.29, 1.82) is 0 Å². The number of nitrogens with one attached hydrogen (secondary N) is 1. The third-order valence-electron chi connectivity index (χ3n) is 3.45. The maximum absolute atomic E-state index is 12.1. The Hall–Kier alpha value is -0.670. The van der Waals surface area contributed by atoms with Gasteiger partial charge in [0.05, 0.1) is 10.8 Å². The van der Waals surface area contributed by atoms with E-state index in [1.807, 2.05) is 13.1 Å². The number of hydrogen-bond acceptors (Lipinski definition) is 2. The molecule has 0 spiro atoms. The predicted molar refractivity (Wildman–Crippen MR) is 79.6 cm³/mol. The highest BCUT2D eigenvalue weighted by atomic mass is 32.2. The molecule has 18 heavy (non-hydrogen) atoms. The van der Waals surface area contributed by atoms with Gasteiger partial charge in [-0.1, -0.05) is 12.5 Å². The Balaban J connectivity index is 2.39. The van der Waals surface area contributed by atoms with Gasteiger partial charge in [-0.15, -0.1) is 0 Å². The Kier molecular flexibility index (Phi) is 6.58. The van der Waals surface area contributed by atoms with Crippen LogP contribution in [0.5, 0.6) is 0 Å². The maximum atomic E-state index is 12.1. The van der Waals surface area contributed by atoms with Crippen LogP contribution in [0, 0.1) is 13.8 Å². The molecule has 1 aromatic carbocycles. The van der Waals surface area contributed by atoms with E-state index < -0.39 is 10.8 Å². The van der Waals surface area contributed by atoms with E-state index in [2.05, 4.69) is 38.2 Å². The van der Waals surface area contributed by atoms with E-state index in [-0.39, 0.29) is 0 Å². The zero-order valence-electron chi connectivity index (χ0n) is 12.0. The second kappa shape index (κ2) is 7.70. The molecule has 0 saturated carbocycles. The molecule has 1 rings (SSSR count). The molecule has 3 heteroatoms. The van der Waals surface area contributed by atoms with Crippen LogP contribution in [0.4, 0.5) is 0 Å². The quantitative estimate of drug-likeness (QED) is 0.769. The summed E-state index contributed by atoms with van der Waals surface area (Å²) in [6.45, 7) is 6.34. The molecule has 102 valence electrons. The van der Waals surface area contributed by atoms with Gasteiger partial charge in [-0.3, -0.25) is 4.21 Å². The molecule has 0 fully saturated rings. The highest BCUT2D eigenvalue weighted by Crippen LogP contribution is 2.14. The summed E-state index contributed by atoms with van der Waals surface area (Å²) in [5, 5.41) is 3.22. The Bertz CT molecular complexity index is 403. The molecule has 2 nitrogen and oxygen atoms in total. The lowest BCUT2D eigenvalue weighted by Gasteiger charge is -2.09. The predicted octanol–water partition coefficient (Wildman–Crippen LogP) is 3.19. The van der Waals surface area contributed by atoms with Gasteiger partial charge in [0, 0.05) is 16.7 Å². The summed E-state index contributed by atoms with van der Waals surface area (Å²) < 4.78 is 12.1. The number of hydrogen-bond donors (Lipinski definition) is 1. The number of aryl methyl sites for hydroxylation is 2. The summed E-state index contributed by atoms with van der Waals surface area (Å²) in [5.41, 5.74) is 2.49. The molecule has 0 heterocycles. The second-order valence-electron chi connectivity index (χ2n) is 4.98. The first-order valence-corrected chi connectivity index (χ1v) is 7.99. The highest BCUT2D eigenvalue weighted by Gasteiger charge is 2.05. The largest absolute Gasteiger partial charge is 0.317 e. The molecule has 0 aliphatic rings. The highest BCUT2D eigenvalue weighted by molar-refractivity contribution is 7.85. The van der Waals surface area contributed by atoms with Crippen molar-refractivity contribution in [1.82, 2.24) is 5.32 Å². The molecular weight excluding hydrogens is 242 g/mol. The van der Waals surface area contributed by atoms with Crippen LogP contribution in [0.1, 0.15) is 37.3 Å². The van der Waals surface area contributed by atoms with Crippen LogP contribution >= 0.6 is 0 Å². The van der Waals surface area contributed by atoms with Gasteiger partial charge in [0.1, 0.15) is 0 Å². The van der Waals surface area contributed by atoms with Crippen molar-refractivity contribution in [2.24, 2.45) is 0 Å². The van der Waals surface area contributed by atoms with Crippen molar-refractivity contribution in [3.05, 3.63) is 29.3 Å². The van der Waals surface area contributed by atoms with Crippen molar-refractivity contribution in [3.63, 3.8) is 0 Å². The third kappa shape index (κ3) is 4.91. The Labute approximate surface area is 114 Å². The lowest BCUT2D eigenvalue weighted by molar-refractivity contribution is 0.537. The summed E-state index contributed by atoms with van der Waals surface area (Å²) in [4.78, 5) is 0.972. The Morgan fingerprint density at radius 3 is 2.56 bits per heavy atom. The average molecular weight is 267 g/mol.